The highest BCUT2D eigenvalue weighted by atomic mass is 32.2. The quantitative estimate of drug-likeness (QED) is 0.275. The van der Waals surface area contributed by atoms with Crippen molar-refractivity contribution < 1.29 is 33.9 Å². The van der Waals surface area contributed by atoms with E-state index in [2.05, 4.69) is 4.52 Å². The lowest BCUT2D eigenvalue weighted by molar-refractivity contribution is -0.137. The van der Waals surface area contributed by atoms with Gasteiger partial charge in [-0.05, 0) is 6.42 Å². The van der Waals surface area contributed by atoms with E-state index >= 15 is 0 Å². The maximum absolute atomic E-state index is 10.3. The van der Waals surface area contributed by atoms with E-state index in [4.69, 9.17) is 20.6 Å². The molecule has 0 aliphatic rings. The number of hydrogen-bond acceptors (Lipinski definition) is 6. The Morgan fingerprint density at radius 3 is 2.53 bits per heavy atom. The summed E-state index contributed by atoms with van der Waals surface area (Å²) in [6.07, 6.45) is -0.876. The first kappa shape index (κ1) is 16.9. The number of phosphoric ester groups is 1. The van der Waals surface area contributed by atoms with Gasteiger partial charge in [-0.2, -0.15) is 0 Å². The van der Waals surface area contributed by atoms with Crippen molar-refractivity contribution in [2.75, 3.05) is 12.4 Å². The van der Waals surface area contributed by atoms with E-state index in [9.17, 15) is 14.5 Å². The molecule has 10 heteroatoms. The van der Waals surface area contributed by atoms with Crippen molar-refractivity contribution in [3.05, 3.63) is 0 Å². The number of phosphoric acid groups is 1. The number of hydrogen-bond donors (Lipinski definition) is 5. The molecule has 0 aromatic rings. The predicted molar refractivity (Wildman–Crippen MR) is 61.3 cm³/mol. The van der Waals surface area contributed by atoms with Gasteiger partial charge < -0.3 is 25.7 Å². The summed E-state index contributed by atoms with van der Waals surface area (Å²) in [6, 6.07) is 0. The van der Waals surface area contributed by atoms with Gasteiger partial charge in [-0.1, -0.05) is 0 Å². The maximum Gasteiger partial charge on any atom is 0.469 e. The molecule has 2 unspecified atom stereocenters. The third kappa shape index (κ3) is 12.1. The monoisotopic (exact) mass is 289 g/mol. The van der Waals surface area contributed by atoms with Gasteiger partial charge in [0.25, 0.3) is 0 Å². The number of carbonyl (C=O) groups is 1. The SMILES string of the molecule is NC(CCC(=O)O)SCC(O)COP(=O)(O)O. The Morgan fingerprint density at radius 1 is 1.47 bits per heavy atom. The third-order valence-corrected chi connectivity index (χ3v) is 3.31. The number of aliphatic hydroxyl groups is 1. The first-order chi connectivity index (χ1) is 7.70. The standard InChI is InChI=1S/C7H16NO7PS/c8-6(1-2-7(10)11)17-4-5(9)3-15-16(12,13)14/h5-6,9H,1-4,8H2,(H,10,11)(H2,12,13,14). The lowest BCUT2D eigenvalue weighted by Gasteiger charge is -2.14. The highest BCUT2D eigenvalue weighted by molar-refractivity contribution is 7.99. The van der Waals surface area contributed by atoms with Crippen LogP contribution in [0.25, 0.3) is 0 Å². The molecule has 17 heavy (non-hydrogen) atoms. The normalized spacial score (nSPS) is 15.5. The van der Waals surface area contributed by atoms with Gasteiger partial charge in [-0.15, -0.1) is 11.8 Å². The lowest BCUT2D eigenvalue weighted by atomic mass is 10.3. The van der Waals surface area contributed by atoms with Gasteiger partial charge in [0.2, 0.25) is 0 Å². The molecule has 0 bridgehead atoms. The first-order valence-corrected chi connectivity index (χ1v) is 7.25. The van der Waals surface area contributed by atoms with Crippen LogP contribution in [0, 0.1) is 0 Å². The largest absolute Gasteiger partial charge is 0.481 e. The molecule has 0 saturated carbocycles. The van der Waals surface area contributed by atoms with Crippen molar-refractivity contribution in [3.63, 3.8) is 0 Å². The number of aliphatic carboxylic acids is 1. The van der Waals surface area contributed by atoms with Crippen molar-refractivity contribution >= 4 is 25.6 Å². The van der Waals surface area contributed by atoms with Crippen LogP contribution in [-0.4, -0.2) is 49.8 Å². The van der Waals surface area contributed by atoms with Gasteiger partial charge >= 0.3 is 13.8 Å². The third-order valence-electron chi connectivity index (χ3n) is 1.58. The van der Waals surface area contributed by atoms with Gasteiger partial charge in [-0.25, -0.2) is 4.57 Å². The van der Waals surface area contributed by atoms with Crippen LogP contribution < -0.4 is 5.73 Å². The van der Waals surface area contributed by atoms with Crippen molar-refractivity contribution in [2.24, 2.45) is 5.73 Å². The Balaban J connectivity index is 3.65. The Hall–Kier alpha value is -0.150. The molecule has 0 fully saturated rings. The molecule has 0 saturated heterocycles. The number of carboxylic acids is 1. The molecular formula is C7H16NO7PS. The van der Waals surface area contributed by atoms with Crippen LogP contribution in [0.15, 0.2) is 0 Å². The van der Waals surface area contributed by atoms with Crippen LogP contribution in [0.1, 0.15) is 12.8 Å². The summed E-state index contributed by atoms with van der Waals surface area (Å²) >= 11 is 1.11. The van der Waals surface area contributed by atoms with Gasteiger partial charge in [-0.3, -0.25) is 9.32 Å². The summed E-state index contributed by atoms with van der Waals surface area (Å²) < 4.78 is 14.4. The zero-order valence-corrected chi connectivity index (χ0v) is 10.6. The second-order valence-electron chi connectivity index (χ2n) is 3.24. The molecule has 0 aliphatic carbocycles. The molecular weight excluding hydrogens is 273 g/mol. The Kier molecular flexibility index (Phi) is 7.97. The number of thioether (sulfide) groups is 1. The number of carboxylic acid groups (broad SMARTS) is 1. The molecule has 0 radical (unpaired) electrons. The van der Waals surface area contributed by atoms with Crippen molar-refractivity contribution in [2.45, 2.75) is 24.3 Å². The topological polar surface area (TPSA) is 150 Å². The molecule has 0 heterocycles. The molecule has 2 atom stereocenters. The second kappa shape index (κ2) is 8.04. The zero-order chi connectivity index (χ0) is 13.5. The minimum absolute atomic E-state index is 0.0662. The van der Waals surface area contributed by atoms with Gasteiger partial charge in [0.15, 0.2) is 0 Å². The maximum atomic E-state index is 10.3. The van der Waals surface area contributed by atoms with Crippen LogP contribution >= 0.6 is 19.6 Å². The van der Waals surface area contributed by atoms with Crippen LogP contribution in [0.3, 0.4) is 0 Å². The molecule has 6 N–H and O–H groups in total. The Bertz CT molecular complexity index is 283. The van der Waals surface area contributed by atoms with E-state index in [0.29, 0.717) is 0 Å². The van der Waals surface area contributed by atoms with Crippen LogP contribution in [-0.2, 0) is 13.9 Å². The fraction of sp³-hybridized carbons (Fsp3) is 0.857. The van der Waals surface area contributed by atoms with E-state index in [1.54, 1.807) is 0 Å². The van der Waals surface area contributed by atoms with Gasteiger partial charge in [0.1, 0.15) is 0 Å². The summed E-state index contributed by atoms with van der Waals surface area (Å²) in [5.41, 5.74) is 5.55. The number of rotatable bonds is 9. The Labute approximate surface area is 102 Å². The second-order valence-corrected chi connectivity index (χ2v) is 5.76. The van der Waals surface area contributed by atoms with E-state index in [-0.39, 0.29) is 18.6 Å². The molecule has 102 valence electrons. The first-order valence-electron chi connectivity index (χ1n) is 4.68. The lowest BCUT2D eigenvalue weighted by Crippen LogP contribution is -2.23. The number of aliphatic hydroxyl groups excluding tert-OH is 1. The van der Waals surface area contributed by atoms with E-state index in [1.807, 2.05) is 0 Å². The van der Waals surface area contributed by atoms with Crippen molar-refractivity contribution in [1.82, 2.24) is 0 Å². The fourth-order valence-electron chi connectivity index (χ4n) is 0.815. The summed E-state index contributed by atoms with van der Waals surface area (Å²) in [5, 5.41) is 17.2. The molecule has 0 rings (SSSR count). The van der Waals surface area contributed by atoms with Gasteiger partial charge in [0, 0.05) is 12.2 Å². The van der Waals surface area contributed by atoms with Gasteiger partial charge in [0.05, 0.1) is 18.1 Å². The molecule has 0 aromatic heterocycles. The summed E-state index contributed by atoms with van der Waals surface area (Å²) in [5.74, 6) is -0.840. The molecule has 0 aromatic carbocycles. The molecule has 0 spiro atoms. The van der Waals surface area contributed by atoms with Crippen LogP contribution in [0.5, 0.6) is 0 Å². The molecule has 8 nitrogen and oxygen atoms in total. The average Bonchev–Trinajstić information content (AvgIpc) is 2.19. The molecule has 0 amide bonds. The van der Waals surface area contributed by atoms with E-state index in [1.165, 1.54) is 0 Å². The summed E-state index contributed by atoms with van der Waals surface area (Å²) in [7, 11) is -4.57. The van der Waals surface area contributed by atoms with Crippen LogP contribution in [0.2, 0.25) is 0 Å². The van der Waals surface area contributed by atoms with Crippen LogP contribution in [0.4, 0.5) is 0 Å². The minimum atomic E-state index is -4.57. The minimum Gasteiger partial charge on any atom is -0.481 e. The highest BCUT2D eigenvalue weighted by Gasteiger charge is 2.17. The summed E-state index contributed by atoms with van der Waals surface area (Å²) in [4.78, 5) is 27.0. The number of nitrogens with two attached hydrogens (primary N) is 1. The van der Waals surface area contributed by atoms with Crippen molar-refractivity contribution in [1.29, 1.82) is 0 Å². The Morgan fingerprint density at radius 2 is 2.06 bits per heavy atom. The predicted octanol–water partition coefficient (Wildman–Crippen LogP) is -0.661. The highest BCUT2D eigenvalue weighted by Crippen LogP contribution is 2.35. The molecule has 0 aliphatic heterocycles. The zero-order valence-electron chi connectivity index (χ0n) is 8.93. The van der Waals surface area contributed by atoms with Crippen molar-refractivity contribution in [3.8, 4) is 0 Å². The fourth-order valence-corrected chi connectivity index (χ4v) is 2.03. The smallest absolute Gasteiger partial charge is 0.469 e. The average molecular weight is 289 g/mol. The van der Waals surface area contributed by atoms with E-state index in [0.717, 1.165) is 11.8 Å². The van der Waals surface area contributed by atoms with E-state index < -0.39 is 31.9 Å². The summed E-state index contributed by atoms with van der Waals surface area (Å²) in [6.45, 7) is -0.497.